The van der Waals surface area contributed by atoms with Crippen molar-refractivity contribution in [2.45, 2.75) is 13.5 Å². The summed E-state index contributed by atoms with van der Waals surface area (Å²) in [6.45, 7) is 4.81. The van der Waals surface area contributed by atoms with E-state index in [9.17, 15) is 13.2 Å². The molecule has 0 amide bonds. The highest BCUT2D eigenvalue weighted by atomic mass is 19.2. The predicted octanol–water partition coefficient (Wildman–Crippen LogP) is 2.83. The molecule has 0 unspecified atom stereocenters. The van der Waals surface area contributed by atoms with E-state index in [-0.39, 0.29) is 13.2 Å². The summed E-state index contributed by atoms with van der Waals surface area (Å²) in [6, 6.07) is 0. The third-order valence-corrected chi connectivity index (χ3v) is 2.12. The second-order valence-electron chi connectivity index (χ2n) is 3.07. The summed E-state index contributed by atoms with van der Waals surface area (Å²) in [5.41, 5.74) is -0.915. The third-order valence-electron chi connectivity index (χ3n) is 2.12. The molecule has 0 aliphatic heterocycles. The largest absolute Gasteiger partial charge is 0.493 e. The Morgan fingerprint density at radius 3 is 2.25 bits per heavy atom. The molecule has 2 nitrogen and oxygen atoms in total. The average Bonchev–Trinajstić information content (AvgIpc) is 2.27. The maximum atomic E-state index is 13.6. The van der Waals surface area contributed by atoms with Gasteiger partial charge in [-0.3, -0.25) is 0 Å². The summed E-state index contributed by atoms with van der Waals surface area (Å²) in [5.74, 6) is -3.86. The molecule has 0 saturated heterocycles. The molecule has 89 valence electrons. The fourth-order valence-electron chi connectivity index (χ4n) is 1.27. The molecule has 5 heteroatoms. The van der Waals surface area contributed by atoms with E-state index >= 15 is 0 Å². The molecule has 0 saturated carbocycles. The van der Waals surface area contributed by atoms with Crippen molar-refractivity contribution >= 4 is 0 Å². The normalized spacial score (nSPS) is 10.6. The number of hydrogen-bond donors (Lipinski definition) is 0. The number of ether oxygens (including phenoxy) is 2. The Kier molecular flexibility index (Phi) is 4.18. The molecule has 0 N–H and O–H groups in total. The van der Waals surface area contributed by atoms with E-state index in [0.717, 1.165) is 7.11 Å². The van der Waals surface area contributed by atoms with Gasteiger partial charge in [0, 0.05) is 12.2 Å². The quantitative estimate of drug-likeness (QED) is 0.744. The van der Waals surface area contributed by atoms with Crippen molar-refractivity contribution < 1.29 is 22.6 Å². The molecule has 0 aliphatic rings. The summed E-state index contributed by atoms with van der Waals surface area (Å²) in [6.07, 6.45) is 0. The SMILES string of the molecule is [CH2]c1c(F)c(F)c(COCC)c(F)c1OC. The Morgan fingerprint density at radius 1 is 1.12 bits per heavy atom. The number of rotatable bonds is 4. The van der Waals surface area contributed by atoms with Crippen LogP contribution in [-0.2, 0) is 11.3 Å². The van der Waals surface area contributed by atoms with Gasteiger partial charge in [-0.1, -0.05) is 0 Å². The molecule has 0 fully saturated rings. The summed E-state index contributed by atoms with van der Waals surface area (Å²) < 4.78 is 49.8. The van der Waals surface area contributed by atoms with Gasteiger partial charge in [-0.25, -0.2) is 13.2 Å². The molecule has 0 aromatic heterocycles. The van der Waals surface area contributed by atoms with Gasteiger partial charge in [0.1, 0.15) is 0 Å². The van der Waals surface area contributed by atoms with Gasteiger partial charge in [-0.2, -0.15) is 0 Å². The van der Waals surface area contributed by atoms with Crippen molar-refractivity contribution in [3.05, 3.63) is 35.5 Å². The Morgan fingerprint density at radius 2 is 1.75 bits per heavy atom. The summed E-state index contributed by atoms with van der Waals surface area (Å²) in [7, 11) is 1.16. The average molecular weight is 233 g/mol. The standard InChI is InChI=1S/C11H12F3O2/c1-4-16-5-7-9(13)8(12)6(2)11(15-3)10(7)14/h2,4-5H2,1,3H3. The Balaban J connectivity index is 3.31. The van der Waals surface area contributed by atoms with Crippen molar-refractivity contribution in [3.63, 3.8) is 0 Å². The van der Waals surface area contributed by atoms with Crippen molar-refractivity contribution in [1.82, 2.24) is 0 Å². The lowest BCUT2D eigenvalue weighted by atomic mass is 10.1. The van der Waals surface area contributed by atoms with E-state index in [4.69, 9.17) is 4.74 Å². The molecule has 0 spiro atoms. The molecular weight excluding hydrogens is 221 g/mol. The van der Waals surface area contributed by atoms with Crippen LogP contribution in [0.1, 0.15) is 18.1 Å². The van der Waals surface area contributed by atoms with Crippen LogP contribution in [0.15, 0.2) is 0 Å². The van der Waals surface area contributed by atoms with Crippen molar-refractivity contribution in [2.75, 3.05) is 13.7 Å². The lowest BCUT2D eigenvalue weighted by Crippen LogP contribution is -2.07. The zero-order valence-corrected chi connectivity index (χ0v) is 9.07. The second kappa shape index (κ2) is 5.21. The molecule has 1 radical (unpaired) electrons. The first-order valence-electron chi connectivity index (χ1n) is 4.67. The van der Waals surface area contributed by atoms with Gasteiger partial charge in [0.25, 0.3) is 0 Å². The highest BCUT2D eigenvalue weighted by Crippen LogP contribution is 2.30. The molecule has 1 aromatic carbocycles. The van der Waals surface area contributed by atoms with E-state index in [1.807, 2.05) is 0 Å². The smallest absolute Gasteiger partial charge is 0.174 e. The predicted molar refractivity (Wildman–Crippen MR) is 52.7 cm³/mol. The van der Waals surface area contributed by atoms with Gasteiger partial charge >= 0.3 is 0 Å². The van der Waals surface area contributed by atoms with Crippen LogP contribution >= 0.6 is 0 Å². The molecule has 16 heavy (non-hydrogen) atoms. The lowest BCUT2D eigenvalue weighted by Gasteiger charge is -2.12. The zero-order chi connectivity index (χ0) is 12.3. The topological polar surface area (TPSA) is 18.5 Å². The fourth-order valence-corrected chi connectivity index (χ4v) is 1.27. The van der Waals surface area contributed by atoms with E-state index in [1.54, 1.807) is 6.92 Å². The first-order chi connectivity index (χ1) is 7.54. The lowest BCUT2D eigenvalue weighted by molar-refractivity contribution is 0.127. The second-order valence-corrected chi connectivity index (χ2v) is 3.07. The van der Waals surface area contributed by atoms with E-state index in [1.165, 1.54) is 0 Å². The van der Waals surface area contributed by atoms with Crippen molar-refractivity contribution in [1.29, 1.82) is 0 Å². The number of methoxy groups -OCH3 is 1. The molecular formula is C11H12F3O2. The highest BCUT2D eigenvalue weighted by molar-refractivity contribution is 5.43. The van der Waals surface area contributed by atoms with Crippen LogP contribution < -0.4 is 4.74 Å². The zero-order valence-electron chi connectivity index (χ0n) is 9.07. The van der Waals surface area contributed by atoms with Crippen LogP contribution in [0.5, 0.6) is 5.75 Å². The minimum absolute atomic E-state index is 0.273. The summed E-state index contributed by atoms with van der Waals surface area (Å²) in [5, 5.41) is 0. The monoisotopic (exact) mass is 233 g/mol. The van der Waals surface area contributed by atoms with Crippen molar-refractivity contribution in [3.8, 4) is 5.75 Å². The first-order valence-corrected chi connectivity index (χ1v) is 4.67. The van der Waals surface area contributed by atoms with Crippen LogP contribution in [0.25, 0.3) is 0 Å². The van der Waals surface area contributed by atoms with Crippen LogP contribution in [0.2, 0.25) is 0 Å². The van der Waals surface area contributed by atoms with Gasteiger partial charge in [0.15, 0.2) is 23.2 Å². The number of halogens is 3. The van der Waals surface area contributed by atoms with Crippen LogP contribution in [0, 0.1) is 24.4 Å². The Labute approximate surface area is 92.0 Å². The van der Waals surface area contributed by atoms with Gasteiger partial charge in [-0.05, 0) is 13.8 Å². The molecule has 0 heterocycles. The van der Waals surface area contributed by atoms with Gasteiger partial charge < -0.3 is 9.47 Å². The van der Waals surface area contributed by atoms with E-state index in [0.29, 0.717) is 0 Å². The Bertz CT molecular complexity index is 392. The van der Waals surface area contributed by atoms with Gasteiger partial charge in [0.05, 0.1) is 19.3 Å². The molecule has 0 bridgehead atoms. The van der Waals surface area contributed by atoms with Crippen LogP contribution in [0.3, 0.4) is 0 Å². The van der Waals surface area contributed by atoms with E-state index in [2.05, 4.69) is 11.7 Å². The molecule has 1 aromatic rings. The van der Waals surface area contributed by atoms with Gasteiger partial charge in [0.2, 0.25) is 0 Å². The third kappa shape index (κ3) is 2.14. The van der Waals surface area contributed by atoms with E-state index < -0.39 is 34.3 Å². The fraction of sp³-hybridized carbons (Fsp3) is 0.364. The molecule has 1 rings (SSSR count). The Hall–Kier alpha value is -1.23. The first kappa shape index (κ1) is 12.8. The van der Waals surface area contributed by atoms with Crippen LogP contribution in [-0.4, -0.2) is 13.7 Å². The van der Waals surface area contributed by atoms with Crippen molar-refractivity contribution in [2.24, 2.45) is 0 Å². The van der Waals surface area contributed by atoms with Crippen LogP contribution in [0.4, 0.5) is 13.2 Å². The van der Waals surface area contributed by atoms with Gasteiger partial charge in [-0.15, -0.1) is 0 Å². The molecule has 0 atom stereocenters. The number of hydrogen-bond acceptors (Lipinski definition) is 2. The summed E-state index contributed by atoms with van der Waals surface area (Å²) in [4.78, 5) is 0. The minimum Gasteiger partial charge on any atom is -0.493 e. The molecule has 0 aliphatic carbocycles. The minimum atomic E-state index is -1.28. The number of benzene rings is 1. The maximum absolute atomic E-state index is 13.6. The highest BCUT2D eigenvalue weighted by Gasteiger charge is 2.23. The maximum Gasteiger partial charge on any atom is 0.174 e. The summed E-state index contributed by atoms with van der Waals surface area (Å²) >= 11 is 0.